The number of anilines is 1. The number of pyridine rings is 1. The predicted octanol–water partition coefficient (Wildman–Crippen LogP) is 7.46. The summed E-state index contributed by atoms with van der Waals surface area (Å²) in [6.07, 6.45) is 4.06. The van der Waals surface area contributed by atoms with Crippen molar-refractivity contribution in [1.82, 2.24) is 29.6 Å². The molecule has 0 bridgehead atoms. The number of carbonyl (C=O) groups is 1. The van der Waals surface area contributed by atoms with Crippen LogP contribution in [0.4, 0.5) is 14.5 Å². The molecule has 2 aliphatic heterocycles. The smallest absolute Gasteiger partial charge is 0.258 e. The summed E-state index contributed by atoms with van der Waals surface area (Å²) in [7, 11) is 0. The minimum atomic E-state index is -0.606. The lowest BCUT2D eigenvalue weighted by molar-refractivity contribution is -0.0591. The highest BCUT2D eigenvalue weighted by Gasteiger charge is 2.24. The van der Waals surface area contributed by atoms with Crippen LogP contribution in [0.3, 0.4) is 0 Å². The fourth-order valence-corrected chi connectivity index (χ4v) is 6.72. The number of imidazole rings is 1. The van der Waals surface area contributed by atoms with Gasteiger partial charge in [-0.25, -0.2) is 18.7 Å². The first-order chi connectivity index (χ1) is 24.8. The number of H-pyrrole nitrogens is 1. The summed E-state index contributed by atoms with van der Waals surface area (Å²) in [6.45, 7) is 5.29. The van der Waals surface area contributed by atoms with Crippen molar-refractivity contribution in [3.63, 3.8) is 0 Å². The van der Waals surface area contributed by atoms with Gasteiger partial charge in [0.2, 0.25) is 5.88 Å². The summed E-state index contributed by atoms with van der Waals surface area (Å²) in [4.78, 5) is 25.2. The topological polar surface area (TPSA) is 110 Å². The maximum absolute atomic E-state index is 15.3. The highest BCUT2D eigenvalue weighted by molar-refractivity contribution is 6.30. The maximum Gasteiger partial charge on any atom is 0.258 e. The molecule has 1 saturated heterocycles. The molecule has 2 aliphatic rings. The number of aromatic nitrogens is 5. The Morgan fingerprint density at radius 1 is 1.12 bits per heavy atom. The van der Waals surface area contributed by atoms with Gasteiger partial charge in [0.05, 0.1) is 58.1 Å². The SMILES string of the molecule is Cc1n[nH]c2ccc(C(=O)Nc3ccc4c(c3)nc(CN3CC=C(c5cccc(OCc6ccc(Cl)cc6F)n5)CC3)n4C[C@@H]3CCO3)c(F)c12. The molecule has 0 saturated carbocycles. The van der Waals surface area contributed by atoms with E-state index in [1.165, 1.54) is 12.1 Å². The molecular formula is C38H34ClF2N7O3. The fraction of sp³-hybridized carbons (Fsp3) is 0.263. The van der Waals surface area contributed by atoms with Crippen LogP contribution in [0.5, 0.6) is 5.88 Å². The van der Waals surface area contributed by atoms with Crippen molar-refractivity contribution in [3.05, 3.63) is 118 Å². The van der Waals surface area contributed by atoms with E-state index in [0.717, 1.165) is 54.1 Å². The first-order valence-corrected chi connectivity index (χ1v) is 17.2. The Bertz CT molecular complexity index is 2320. The van der Waals surface area contributed by atoms with Crippen LogP contribution in [0.15, 0.2) is 72.8 Å². The molecule has 3 aromatic carbocycles. The summed E-state index contributed by atoms with van der Waals surface area (Å²) in [6, 6.07) is 18.8. The first kappa shape index (κ1) is 33.0. The number of aromatic amines is 1. The van der Waals surface area contributed by atoms with Gasteiger partial charge in [0, 0.05) is 42.0 Å². The lowest BCUT2D eigenvalue weighted by atomic mass is 10.0. The average molecular weight is 710 g/mol. The molecule has 0 aliphatic carbocycles. The molecule has 1 fully saturated rings. The van der Waals surface area contributed by atoms with Gasteiger partial charge in [-0.15, -0.1) is 0 Å². The molecule has 0 unspecified atom stereocenters. The highest BCUT2D eigenvalue weighted by Crippen LogP contribution is 2.29. The van der Waals surface area contributed by atoms with Gasteiger partial charge in [0.25, 0.3) is 5.91 Å². The zero-order valence-corrected chi connectivity index (χ0v) is 28.5. The molecule has 0 spiro atoms. The van der Waals surface area contributed by atoms with Crippen molar-refractivity contribution in [2.75, 3.05) is 25.0 Å². The van der Waals surface area contributed by atoms with Crippen LogP contribution in [0.25, 0.3) is 27.5 Å². The first-order valence-electron chi connectivity index (χ1n) is 16.8. The summed E-state index contributed by atoms with van der Waals surface area (Å²) in [5.74, 6) is -0.246. The fourth-order valence-electron chi connectivity index (χ4n) is 6.56. The normalized spacial score (nSPS) is 16.3. The Morgan fingerprint density at radius 3 is 2.78 bits per heavy atom. The molecule has 3 aromatic heterocycles. The number of hydrogen-bond acceptors (Lipinski definition) is 7. The lowest BCUT2D eigenvalue weighted by Crippen LogP contribution is -2.33. The minimum absolute atomic E-state index is 0.0492. The minimum Gasteiger partial charge on any atom is -0.473 e. The molecule has 0 radical (unpaired) electrons. The average Bonchev–Trinajstić information content (AvgIpc) is 3.65. The van der Waals surface area contributed by atoms with Gasteiger partial charge in [-0.05, 0) is 73.9 Å². The van der Waals surface area contributed by atoms with Crippen molar-refractivity contribution in [3.8, 4) is 5.88 Å². The Kier molecular flexibility index (Phi) is 8.97. The summed E-state index contributed by atoms with van der Waals surface area (Å²) in [5.41, 5.74) is 5.52. The molecule has 1 atom stereocenters. The summed E-state index contributed by atoms with van der Waals surface area (Å²) >= 11 is 5.87. The van der Waals surface area contributed by atoms with Crippen LogP contribution in [-0.4, -0.2) is 61.3 Å². The van der Waals surface area contributed by atoms with Gasteiger partial charge in [0.15, 0.2) is 0 Å². The van der Waals surface area contributed by atoms with Gasteiger partial charge in [-0.3, -0.25) is 14.8 Å². The predicted molar refractivity (Wildman–Crippen MR) is 191 cm³/mol. The Labute approximate surface area is 297 Å². The van der Waals surface area contributed by atoms with E-state index >= 15 is 4.39 Å². The summed E-state index contributed by atoms with van der Waals surface area (Å²) in [5, 5.41) is 10.3. The molecule has 13 heteroatoms. The van der Waals surface area contributed by atoms with Crippen LogP contribution in [0.1, 0.15) is 46.0 Å². The van der Waals surface area contributed by atoms with Crippen LogP contribution in [-0.2, 0) is 24.4 Å². The van der Waals surface area contributed by atoms with Gasteiger partial charge in [-0.2, -0.15) is 5.10 Å². The second kappa shape index (κ2) is 13.9. The number of amides is 1. The highest BCUT2D eigenvalue weighted by atomic mass is 35.5. The second-order valence-corrected chi connectivity index (χ2v) is 13.3. The number of fused-ring (bicyclic) bond motifs is 2. The third kappa shape index (κ3) is 6.82. The van der Waals surface area contributed by atoms with Crippen LogP contribution in [0.2, 0.25) is 5.02 Å². The van der Waals surface area contributed by atoms with E-state index < -0.39 is 17.5 Å². The number of rotatable bonds is 10. The lowest BCUT2D eigenvalue weighted by Gasteiger charge is -2.29. The largest absolute Gasteiger partial charge is 0.473 e. The van der Waals surface area contributed by atoms with E-state index in [-0.39, 0.29) is 18.3 Å². The Hall–Kier alpha value is -5.17. The van der Waals surface area contributed by atoms with Crippen molar-refractivity contribution >= 4 is 50.7 Å². The number of nitrogens with one attached hydrogen (secondary N) is 2. The van der Waals surface area contributed by atoms with Gasteiger partial charge in [0.1, 0.15) is 24.1 Å². The van der Waals surface area contributed by atoms with E-state index in [1.54, 1.807) is 31.2 Å². The number of halogens is 3. The van der Waals surface area contributed by atoms with Crippen molar-refractivity contribution in [1.29, 1.82) is 0 Å². The number of ether oxygens (including phenoxy) is 2. The summed E-state index contributed by atoms with van der Waals surface area (Å²) < 4.78 is 43.3. The number of aryl methyl sites for hydroxylation is 1. The zero-order valence-electron chi connectivity index (χ0n) is 27.8. The number of nitrogens with zero attached hydrogens (tertiary/aromatic N) is 5. The molecule has 51 heavy (non-hydrogen) atoms. The van der Waals surface area contributed by atoms with Crippen molar-refractivity contribution < 1.29 is 23.0 Å². The standard InChI is InChI=1S/C38H34ClF2N7O3/c1-22-36-31(46-45-22)9-8-28(37(36)41)38(49)42-26-7-10-33-32(18-26)43-34(48(33)19-27-13-16-50-27)20-47-14-11-23(12-15-47)30-3-2-4-35(44-30)51-21-24-5-6-25(39)17-29(24)40/h2-11,17-18,27H,12-16,19-21H2,1H3,(H,42,49)(H,45,46)/t27-/m0/s1. The molecule has 8 rings (SSSR count). The monoisotopic (exact) mass is 709 g/mol. The van der Waals surface area contributed by atoms with E-state index in [9.17, 15) is 9.18 Å². The molecule has 260 valence electrons. The Morgan fingerprint density at radius 2 is 2.00 bits per heavy atom. The van der Waals surface area contributed by atoms with Gasteiger partial charge >= 0.3 is 0 Å². The molecule has 10 nitrogen and oxygen atoms in total. The van der Waals surface area contributed by atoms with Crippen LogP contribution in [0, 0.1) is 18.6 Å². The Balaban J connectivity index is 0.970. The number of carbonyl (C=O) groups excluding carboxylic acids is 1. The quantitative estimate of drug-likeness (QED) is 0.152. The maximum atomic E-state index is 15.3. The van der Waals surface area contributed by atoms with E-state index in [1.807, 2.05) is 30.3 Å². The van der Waals surface area contributed by atoms with E-state index in [2.05, 4.69) is 36.0 Å². The van der Waals surface area contributed by atoms with E-state index in [4.69, 9.17) is 26.1 Å². The molecule has 6 aromatic rings. The van der Waals surface area contributed by atoms with Gasteiger partial charge in [-0.1, -0.05) is 29.8 Å². The number of benzene rings is 3. The third-order valence-electron chi connectivity index (χ3n) is 9.46. The molecule has 2 N–H and O–H groups in total. The molecular weight excluding hydrogens is 676 g/mol. The van der Waals surface area contributed by atoms with E-state index in [0.29, 0.717) is 58.4 Å². The zero-order chi connectivity index (χ0) is 35.1. The van der Waals surface area contributed by atoms with Crippen LogP contribution < -0.4 is 10.1 Å². The van der Waals surface area contributed by atoms with Crippen molar-refractivity contribution in [2.24, 2.45) is 0 Å². The van der Waals surface area contributed by atoms with Crippen LogP contribution >= 0.6 is 11.6 Å². The van der Waals surface area contributed by atoms with Gasteiger partial charge < -0.3 is 19.4 Å². The number of hydrogen-bond donors (Lipinski definition) is 2. The van der Waals surface area contributed by atoms with Crippen molar-refractivity contribution in [2.45, 2.75) is 45.6 Å². The molecule has 5 heterocycles. The molecule has 1 amide bonds. The second-order valence-electron chi connectivity index (χ2n) is 12.8. The third-order valence-corrected chi connectivity index (χ3v) is 9.69.